The van der Waals surface area contributed by atoms with Crippen LogP contribution in [0.15, 0.2) is 54.6 Å². The molecule has 0 saturated heterocycles. The van der Waals surface area contributed by atoms with Gasteiger partial charge in [-0.1, -0.05) is 68.4 Å². The molecule has 0 bridgehead atoms. The minimum Gasteiger partial charge on any atom is -0.380 e. The lowest BCUT2D eigenvalue weighted by atomic mass is 9.71. The third-order valence-electron chi connectivity index (χ3n) is 4.21. The molecule has 1 aliphatic carbocycles. The van der Waals surface area contributed by atoms with Crippen molar-refractivity contribution >= 4 is 0 Å². The van der Waals surface area contributed by atoms with Gasteiger partial charge < -0.3 is 5.11 Å². The molecule has 2 aromatic carbocycles. The Kier molecular flexibility index (Phi) is 2.36. The van der Waals surface area contributed by atoms with Gasteiger partial charge in [0.05, 0.1) is 0 Å². The van der Waals surface area contributed by atoms with Crippen molar-refractivity contribution in [3.05, 3.63) is 71.3 Å². The molecular formula is C17H18O. The maximum absolute atomic E-state index is 11.3. The topological polar surface area (TPSA) is 20.2 Å². The summed E-state index contributed by atoms with van der Waals surface area (Å²) < 4.78 is 0. The van der Waals surface area contributed by atoms with Crippen molar-refractivity contribution in [3.63, 3.8) is 0 Å². The zero-order chi connectivity index (χ0) is 12.8. The smallest absolute Gasteiger partial charge is 0.120 e. The van der Waals surface area contributed by atoms with Crippen LogP contribution in [0.1, 0.15) is 30.5 Å². The predicted molar refractivity (Wildman–Crippen MR) is 73.4 cm³/mol. The Morgan fingerprint density at radius 1 is 0.889 bits per heavy atom. The van der Waals surface area contributed by atoms with Gasteiger partial charge in [-0.15, -0.1) is 0 Å². The quantitative estimate of drug-likeness (QED) is 0.806. The Morgan fingerprint density at radius 2 is 1.50 bits per heavy atom. The number of rotatable bonds is 1. The Hall–Kier alpha value is -1.60. The van der Waals surface area contributed by atoms with Gasteiger partial charge in [0.25, 0.3) is 0 Å². The number of fused-ring (bicyclic) bond motifs is 1. The first-order valence-corrected chi connectivity index (χ1v) is 6.42. The van der Waals surface area contributed by atoms with Crippen LogP contribution in [0.4, 0.5) is 0 Å². The van der Waals surface area contributed by atoms with Crippen LogP contribution in [0.5, 0.6) is 0 Å². The second-order valence-corrected chi connectivity index (χ2v) is 5.79. The Bertz CT molecular complexity index is 571. The molecule has 1 nitrogen and oxygen atoms in total. The Morgan fingerprint density at radius 3 is 2.22 bits per heavy atom. The fourth-order valence-corrected chi connectivity index (χ4v) is 3.22. The normalized spacial score (nSPS) is 24.8. The van der Waals surface area contributed by atoms with E-state index >= 15 is 0 Å². The molecule has 0 aromatic heterocycles. The first-order valence-electron chi connectivity index (χ1n) is 6.42. The molecule has 1 heteroatoms. The van der Waals surface area contributed by atoms with Crippen molar-refractivity contribution in [2.24, 2.45) is 5.41 Å². The van der Waals surface area contributed by atoms with E-state index < -0.39 is 5.60 Å². The van der Waals surface area contributed by atoms with Gasteiger partial charge in [0.1, 0.15) is 5.60 Å². The molecule has 2 aromatic rings. The molecule has 0 saturated carbocycles. The summed E-state index contributed by atoms with van der Waals surface area (Å²) in [5.74, 6) is 0. The summed E-state index contributed by atoms with van der Waals surface area (Å²) in [7, 11) is 0. The maximum atomic E-state index is 11.3. The molecular weight excluding hydrogens is 220 g/mol. The van der Waals surface area contributed by atoms with Crippen molar-refractivity contribution in [1.29, 1.82) is 0 Å². The summed E-state index contributed by atoms with van der Waals surface area (Å²) in [4.78, 5) is 0. The van der Waals surface area contributed by atoms with E-state index in [4.69, 9.17) is 0 Å². The van der Waals surface area contributed by atoms with Crippen LogP contribution in [-0.2, 0) is 12.0 Å². The molecule has 0 radical (unpaired) electrons. The van der Waals surface area contributed by atoms with E-state index in [-0.39, 0.29) is 5.41 Å². The highest BCUT2D eigenvalue weighted by atomic mass is 16.3. The van der Waals surface area contributed by atoms with Crippen molar-refractivity contribution in [2.45, 2.75) is 25.9 Å². The SMILES string of the molecule is CC1(C)Cc2ccccc2C1(O)c1ccccc1. The molecule has 1 aliphatic rings. The predicted octanol–water partition coefficient (Wildman–Crippen LogP) is 3.50. The molecule has 1 N–H and O–H groups in total. The molecule has 18 heavy (non-hydrogen) atoms. The van der Waals surface area contributed by atoms with Crippen LogP contribution >= 0.6 is 0 Å². The Labute approximate surface area is 108 Å². The average Bonchev–Trinajstić information content (AvgIpc) is 2.59. The number of benzene rings is 2. The maximum Gasteiger partial charge on any atom is 0.120 e. The molecule has 0 amide bonds. The summed E-state index contributed by atoms with van der Waals surface area (Å²) in [6.45, 7) is 4.28. The fraction of sp³-hybridized carbons (Fsp3) is 0.294. The first-order chi connectivity index (χ1) is 8.56. The Balaban J connectivity index is 2.26. The minimum atomic E-state index is -0.884. The lowest BCUT2D eigenvalue weighted by molar-refractivity contribution is -0.0210. The van der Waals surface area contributed by atoms with Crippen LogP contribution in [0, 0.1) is 5.41 Å². The summed E-state index contributed by atoms with van der Waals surface area (Å²) in [6.07, 6.45) is 0.911. The van der Waals surface area contributed by atoms with Gasteiger partial charge in [0, 0.05) is 5.41 Å². The van der Waals surface area contributed by atoms with Gasteiger partial charge in [0.2, 0.25) is 0 Å². The molecule has 3 rings (SSSR count). The molecule has 92 valence electrons. The number of hydrogen-bond acceptors (Lipinski definition) is 1. The lowest BCUT2D eigenvalue weighted by Gasteiger charge is -2.38. The third kappa shape index (κ3) is 1.37. The minimum absolute atomic E-state index is 0.182. The largest absolute Gasteiger partial charge is 0.380 e. The van der Waals surface area contributed by atoms with Gasteiger partial charge in [-0.2, -0.15) is 0 Å². The molecule has 0 heterocycles. The van der Waals surface area contributed by atoms with Gasteiger partial charge in [-0.25, -0.2) is 0 Å². The number of aliphatic hydroxyl groups is 1. The summed E-state index contributed by atoms with van der Waals surface area (Å²) in [5, 5.41) is 11.3. The third-order valence-corrected chi connectivity index (χ3v) is 4.21. The highest BCUT2D eigenvalue weighted by Gasteiger charge is 2.51. The van der Waals surface area contributed by atoms with Crippen molar-refractivity contribution < 1.29 is 5.11 Å². The molecule has 1 atom stereocenters. The summed E-state index contributed by atoms with van der Waals surface area (Å²) in [6, 6.07) is 18.2. The van der Waals surface area contributed by atoms with E-state index in [1.54, 1.807) is 0 Å². The van der Waals surface area contributed by atoms with E-state index in [0.29, 0.717) is 0 Å². The van der Waals surface area contributed by atoms with E-state index in [9.17, 15) is 5.11 Å². The summed E-state index contributed by atoms with van der Waals surface area (Å²) >= 11 is 0. The van der Waals surface area contributed by atoms with Gasteiger partial charge in [0.15, 0.2) is 0 Å². The standard InChI is InChI=1S/C17H18O/c1-16(2)12-13-8-6-7-11-15(13)17(16,18)14-9-4-3-5-10-14/h3-11,18H,12H2,1-2H3. The second-order valence-electron chi connectivity index (χ2n) is 5.79. The molecule has 1 unspecified atom stereocenters. The first kappa shape index (κ1) is 11.5. The van der Waals surface area contributed by atoms with Gasteiger partial charge in [-0.05, 0) is 23.1 Å². The van der Waals surface area contributed by atoms with Crippen molar-refractivity contribution in [2.75, 3.05) is 0 Å². The zero-order valence-corrected chi connectivity index (χ0v) is 10.9. The van der Waals surface area contributed by atoms with Crippen molar-refractivity contribution in [1.82, 2.24) is 0 Å². The monoisotopic (exact) mass is 238 g/mol. The highest BCUT2D eigenvalue weighted by molar-refractivity contribution is 5.48. The van der Waals surface area contributed by atoms with E-state index in [2.05, 4.69) is 26.0 Å². The fourth-order valence-electron chi connectivity index (χ4n) is 3.22. The molecule has 0 fully saturated rings. The van der Waals surface area contributed by atoms with E-state index in [1.165, 1.54) is 5.56 Å². The van der Waals surface area contributed by atoms with Gasteiger partial charge in [-0.3, -0.25) is 0 Å². The van der Waals surface area contributed by atoms with Gasteiger partial charge >= 0.3 is 0 Å². The van der Waals surface area contributed by atoms with Crippen LogP contribution < -0.4 is 0 Å². The summed E-state index contributed by atoms with van der Waals surface area (Å²) in [5.41, 5.74) is 2.23. The molecule has 0 spiro atoms. The number of hydrogen-bond donors (Lipinski definition) is 1. The van der Waals surface area contributed by atoms with E-state index in [0.717, 1.165) is 17.5 Å². The van der Waals surface area contributed by atoms with E-state index in [1.807, 2.05) is 42.5 Å². The van der Waals surface area contributed by atoms with Crippen molar-refractivity contribution in [3.8, 4) is 0 Å². The van der Waals surface area contributed by atoms with Crippen LogP contribution in [0.3, 0.4) is 0 Å². The highest BCUT2D eigenvalue weighted by Crippen LogP contribution is 2.53. The second kappa shape index (κ2) is 3.69. The van der Waals surface area contributed by atoms with Crippen LogP contribution in [0.2, 0.25) is 0 Å². The van der Waals surface area contributed by atoms with Crippen LogP contribution in [0.25, 0.3) is 0 Å². The zero-order valence-electron chi connectivity index (χ0n) is 10.9. The van der Waals surface area contributed by atoms with Crippen LogP contribution in [-0.4, -0.2) is 5.11 Å². The lowest BCUT2D eigenvalue weighted by Crippen LogP contribution is -2.39. The molecule has 0 aliphatic heterocycles. The average molecular weight is 238 g/mol.